The maximum Gasteiger partial charge on any atom is 0.121 e. The zero-order chi connectivity index (χ0) is 12.0. The Kier molecular flexibility index (Phi) is 4.64. The maximum absolute atomic E-state index is 8.89. The van der Waals surface area contributed by atoms with Crippen LogP contribution in [0.4, 0.5) is 0 Å². The third kappa shape index (κ3) is 2.89. The molecule has 0 saturated carbocycles. The number of azide groups is 1. The Balaban J connectivity index is 3.01. The molecule has 0 amide bonds. The van der Waals surface area contributed by atoms with Gasteiger partial charge >= 0.3 is 0 Å². The average Bonchev–Trinajstić information content (AvgIpc) is 2.28. The van der Waals surface area contributed by atoms with Crippen molar-refractivity contribution in [2.75, 3.05) is 13.7 Å². The van der Waals surface area contributed by atoms with Gasteiger partial charge in [0.1, 0.15) is 5.75 Å². The smallest absolute Gasteiger partial charge is 0.121 e. The maximum atomic E-state index is 8.89. The molecule has 0 saturated heterocycles. The molecule has 1 unspecified atom stereocenters. The number of hydrogen-bond acceptors (Lipinski definition) is 3. The monoisotopic (exact) mass is 221 g/mol. The number of aryl methyl sites for hydroxylation is 1. The first-order chi connectivity index (χ1) is 7.72. The number of benzene rings is 1. The molecule has 0 radical (unpaired) electrons. The highest BCUT2D eigenvalue weighted by Gasteiger charge is 2.10. The molecule has 1 rings (SSSR count). The van der Waals surface area contributed by atoms with Crippen molar-refractivity contribution in [1.82, 2.24) is 0 Å². The minimum absolute atomic E-state index is 0.00519. The van der Waals surface area contributed by atoms with Crippen LogP contribution >= 0.6 is 0 Å². The molecular formula is C11H15N3O2. The van der Waals surface area contributed by atoms with Crippen molar-refractivity contribution >= 4 is 0 Å². The quantitative estimate of drug-likeness (QED) is 0.471. The zero-order valence-corrected chi connectivity index (χ0v) is 9.42. The number of aliphatic hydroxyl groups excluding tert-OH is 1. The predicted molar refractivity (Wildman–Crippen MR) is 61.3 cm³/mol. The number of methoxy groups -OCH3 is 1. The fraction of sp³-hybridized carbons (Fsp3) is 0.455. The Labute approximate surface area is 94.3 Å². The van der Waals surface area contributed by atoms with E-state index in [1.807, 2.05) is 25.1 Å². The SMILES string of the molecule is COc1ccc(C(CCO)N=[N+]=[N-])cc1C. The van der Waals surface area contributed by atoms with E-state index < -0.39 is 0 Å². The van der Waals surface area contributed by atoms with E-state index in [9.17, 15) is 0 Å². The van der Waals surface area contributed by atoms with E-state index in [0.717, 1.165) is 16.9 Å². The van der Waals surface area contributed by atoms with E-state index in [0.29, 0.717) is 6.42 Å². The summed E-state index contributed by atoms with van der Waals surface area (Å²) in [6.07, 6.45) is 0.426. The Morgan fingerprint density at radius 3 is 2.81 bits per heavy atom. The molecule has 0 spiro atoms. The summed E-state index contributed by atoms with van der Waals surface area (Å²) in [5.41, 5.74) is 10.3. The zero-order valence-electron chi connectivity index (χ0n) is 9.42. The van der Waals surface area contributed by atoms with Crippen LogP contribution in [0.15, 0.2) is 23.3 Å². The highest BCUT2D eigenvalue weighted by molar-refractivity contribution is 5.37. The molecule has 0 aliphatic rings. The Morgan fingerprint density at radius 2 is 2.31 bits per heavy atom. The Hall–Kier alpha value is -1.71. The van der Waals surface area contributed by atoms with Gasteiger partial charge in [0.2, 0.25) is 0 Å². The number of hydrogen-bond donors (Lipinski definition) is 1. The van der Waals surface area contributed by atoms with Crippen molar-refractivity contribution in [3.8, 4) is 5.75 Å². The number of rotatable bonds is 5. The van der Waals surface area contributed by atoms with E-state index in [1.54, 1.807) is 7.11 Å². The van der Waals surface area contributed by atoms with Crippen LogP contribution in [0.25, 0.3) is 10.4 Å². The summed E-state index contributed by atoms with van der Waals surface area (Å²) >= 11 is 0. The van der Waals surface area contributed by atoms with Gasteiger partial charge in [-0.15, -0.1) is 0 Å². The lowest BCUT2D eigenvalue weighted by Gasteiger charge is -2.12. The molecule has 5 heteroatoms. The van der Waals surface area contributed by atoms with E-state index in [4.69, 9.17) is 15.4 Å². The first-order valence-corrected chi connectivity index (χ1v) is 5.02. The average molecular weight is 221 g/mol. The van der Waals surface area contributed by atoms with Gasteiger partial charge < -0.3 is 9.84 Å². The predicted octanol–water partition coefficient (Wildman–Crippen LogP) is 2.74. The highest BCUT2D eigenvalue weighted by Crippen LogP contribution is 2.26. The molecule has 1 N–H and O–H groups in total. The minimum Gasteiger partial charge on any atom is -0.496 e. The van der Waals surface area contributed by atoms with Crippen molar-refractivity contribution < 1.29 is 9.84 Å². The van der Waals surface area contributed by atoms with E-state index in [1.165, 1.54) is 0 Å². The van der Waals surface area contributed by atoms with Crippen LogP contribution in [0.3, 0.4) is 0 Å². The molecular weight excluding hydrogens is 206 g/mol. The molecule has 86 valence electrons. The number of aliphatic hydroxyl groups is 1. The first-order valence-electron chi connectivity index (χ1n) is 5.02. The van der Waals surface area contributed by atoms with Crippen LogP contribution in [0, 0.1) is 6.92 Å². The summed E-state index contributed by atoms with van der Waals surface area (Å²) in [6, 6.07) is 5.27. The van der Waals surface area contributed by atoms with Crippen LogP contribution < -0.4 is 4.74 Å². The molecule has 1 aromatic rings. The van der Waals surface area contributed by atoms with Crippen molar-refractivity contribution in [1.29, 1.82) is 0 Å². The molecule has 5 nitrogen and oxygen atoms in total. The van der Waals surface area contributed by atoms with E-state index >= 15 is 0 Å². The standard InChI is InChI=1S/C11H15N3O2/c1-8-7-9(3-4-11(8)16-2)10(5-6-15)13-14-12/h3-4,7,10,15H,5-6H2,1-2H3. The third-order valence-electron chi connectivity index (χ3n) is 2.40. The second kappa shape index (κ2) is 6.00. The van der Waals surface area contributed by atoms with Crippen LogP contribution in [0.1, 0.15) is 23.6 Å². The van der Waals surface area contributed by atoms with Gasteiger partial charge in [-0.25, -0.2) is 0 Å². The molecule has 0 aliphatic carbocycles. The van der Waals surface area contributed by atoms with Crippen molar-refractivity contribution in [2.24, 2.45) is 5.11 Å². The van der Waals surface area contributed by atoms with Crippen molar-refractivity contribution in [3.05, 3.63) is 39.8 Å². The van der Waals surface area contributed by atoms with Crippen LogP contribution in [-0.4, -0.2) is 18.8 Å². The van der Waals surface area contributed by atoms with Crippen LogP contribution in [0.2, 0.25) is 0 Å². The second-order valence-corrected chi connectivity index (χ2v) is 3.46. The molecule has 1 atom stereocenters. The minimum atomic E-state index is -0.320. The highest BCUT2D eigenvalue weighted by atomic mass is 16.5. The van der Waals surface area contributed by atoms with Crippen molar-refractivity contribution in [3.63, 3.8) is 0 Å². The van der Waals surface area contributed by atoms with Crippen LogP contribution in [-0.2, 0) is 0 Å². The molecule has 0 aliphatic heterocycles. The summed E-state index contributed by atoms with van der Waals surface area (Å²) in [5, 5.41) is 12.5. The van der Waals surface area contributed by atoms with Crippen LogP contribution in [0.5, 0.6) is 5.75 Å². The summed E-state index contributed by atoms with van der Waals surface area (Å²) in [4.78, 5) is 2.79. The molecule has 16 heavy (non-hydrogen) atoms. The van der Waals surface area contributed by atoms with Gasteiger partial charge in [-0.3, -0.25) is 0 Å². The summed E-state index contributed by atoms with van der Waals surface area (Å²) in [6.45, 7) is 1.92. The van der Waals surface area contributed by atoms with Gasteiger partial charge in [0, 0.05) is 11.5 Å². The molecule has 1 aromatic carbocycles. The fourth-order valence-electron chi connectivity index (χ4n) is 1.58. The molecule has 0 fully saturated rings. The van der Waals surface area contributed by atoms with Gasteiger partial charge in [0.15, 0.2) is 0 Å². The summed E-state index contributed by atoms with van der Waals surface area (Å²) in [5.74, 6) is 0.799. The van der Waals surface area contributed by atoms with Gasteiger partial charge in [-0.2, -0.15) is 0 Å². The first kappa shape index (κ1) is 12.4. The normalized spacial score (nSPS) is 11.7. The van der Waals surface area contributed by atoms with Crippen molar-refractivity contribution in [2.45, 2.75) is 19.4 Å². The summed E-state index contributed by atoms with van der Waals surface area (Å²) in [7, 11) is 1.61. The molecule has 0 bridgehead atoms. The topological polar surface area (TPSA) is 78.2 Å². The largest absolute Gasteiger partial charge is 0.496 e. The lowest BCUT2D eigenvalue weighted by atomic mass is 10.0. The van der Waals surface area contributed by atoms with Gasteiger partial charge in [0.25, 0.3) is 0 Å². The molecule has 0 heterocycles. The lowest BCUT2D eigenvalue weighted by Crippen LogP contribution is -1.99. The van der Waals surface area contributed by atoms with Gasteiger partial charge in [-0.05, 0) is 36.1 Å². The van der Waals surface area contributed by atoms with E-state index in [-0.39, 0.29) is 12.6 Å². The number of ether oxygens (including phenoxy) is 1. The summed E-state index contributed by atoms with van der Waals surface area (Å²) < 4.78 is 5.15. The van der Waals surface area contributed by atoms with Gasteiger partial charge in [0.05, 0.1) is 13.2 Å². The Bertz CT molecular complexity index is 400. The van der Waals surface area contributed by atoms with E-state index in [2.05, 4.69) is 10.0 Å². The van der Waals surface area contributed by atoms with Gasteiger partial charge in [-0.1, -0.05) is 17.2 Å². The Morgan fingerprint density at radius 1 is 1.56 bits per heavy atom. The molecule has 0 aromatic heterocycles. The lowest BCUT2D eigenvalue weighted by molar-refractivity contribution is 0.276. The number of nitrogens with zero attached hydrogens (tertiary/aromatic N) is 3. The fourth-order valence-corrected chi connectivity index (χ4v) is 1.58. The third-order valence-corrected chi connectivity index (χ3v) is 2.40. The second-order valence-electron chi connectivity index (χ2n) is 3.46.